The first-order valence-corrected chi connectivity index (χ1v) is 7.07. The fourth-order valence-corrected chi connectivity index (χ4v) is 2.39. The van der Waals surface area contributed by atoms with E-state index in [0.29, 0.717) is 17.5 Å². The summed E-state index contributed by atoms with van der Waals surface area (Å²) in [5, 5.41) is 0.641. The third kappa shape index (κ3) is 3.64. The van der Waals surface area contributed by atoms with Gasteiger partial charge in [0.15, 0.2) is 0 Å². The van der Waals surface area contributed by atoms with E-state index in [1.807, 2.05) is 37.5 Å². The summed E-state index contributed by atoms with van der Waals surface area (Å²) >= 11 is 11.9. The number of nitrogens with zero attached hydrogens (tertiary/aromatic N) is 2. The van der Waals surface area contributed by atoms with Gasteiger partial charge in [0.05, 0.1) is 35.2 Å². The Morgan fingerprint density at radius 1 is 1.32 bits per heavy atom. The van der Waals surface area contributed by atoms with Gasteiger partial charge in [0.25, 0.3) is 0 Å². The van der Waals surface area contributed by atoms with E-state index in [1.54, 1.807) is 0 Å². The smallest absolute Gasteiger partial charge is 0.137 e. The number of alkyl halides is 1. The molecule has 0 saturated carbocycles. The van der Waals surface area contributed by atoms with Gasteiger partial charge in [-0.2, -0.15) is 0 Å². The largest absolute Gasteiger partial charge is 0.492 e. The van der Waals surface area contributed by atoms with Crippen molar-refractivity contribution in [2.45, 2.75) is 25.8 Å². The lowest BCUT2D eigenvalue weighted by Gasteiger charge is -2.09. The van der Waals surface area contributed by atoms with Crippen molar-refractivity contribution in [3.8, 4) is 5.75 Å². The number of halogens is 2. The van der Waals surface area contributed by atoms with Gasteiger partial charge in [0.2, 0.25) is 0 Å². The quantitative estimate of drug-likeness (QED) is 0.594. The molecule has 0 aliphatic heterocycles. The highest BCUT2D eigenvalue weighted by molar-refractivity contribution is 6.32. The number of para-hydroxylation sites is 1. The second kappa shape index (κ2) is 6.83. The van der Waals surface area contributed by atoms with Gasteiger partial charge in [0, 0.05) is 6.54 Å². The maximum Gasteiger partial charge on any atom is 0.137 e. The lowest BCUT2D eigenvalue weighted by Crippen LogP contribution is -2.06. The van der Waals surface area contributed by atoms with E-state index < -0.39 is 0 Å². The van der Waals surface area contributed by atoms with E-state index in [4.69, 9.17) is 27.9 Å². The zero-order valence-electron chi connectivity index (χ0n) is 10.8. The summed E-state index contributed by atoms with van der Waals surface area (Å²) in [6.07, 6.45) is 2.70. The summed E-state index contributed by atoms with van der Waals surface area (Å²) in [4.78, 5) is 4.26. The number of aryl methyl sites for hydroxylation is 2. The summed E-state index contributed by atoms with van der Waals surface area (Å²) in [5.41, 5.74) is 2.06. The minimum Gasteiger partial charge on any atom is -0.492 e. The SMILES string of the molecule is Cc1ncn(CCCOc2ccccc2Cl)c1CCl. The monoisotopic (exact) mass is 298 g/mol. The van der Waals surface area contributed by atoms with E-state index in [1.165, 1.54) is 0 Å². The topological polar surface area (TPSA) is 27.1 Å². The molecular weight excluding hydrogens is 283 g/mol. The van der Waals surface area contributed by atoms with Gasteiger partial charge in [-0.25, -0.2) is 4.98 Å². The molecule has 0 saturated heterocycles. The van der Waals surface area contributed by atoms with Crippen LogP contribution >= 0.6 is 23.2 Å². The average Bonchev–Trinajstić information content (AvgIpc) is 2.77. The maximum absolute atomic E-state index is 6.01. The van der Waals surface area contributed by atoms with Crippen molar-refractivity contribution in [3.05, 3.63) is 47.0 Å². The van der Waals surface area contributed by atoms with Crippen LogP contribution in [-0.4, -0.2) is 16.2 Å². The summed E-state index contributed by atoms with van der Waals surface area (Å²) in [6.45, 7) is 3.42. The van der Waals surface area contributed by atoms with Gasteiger partial charge in [-0.1, -0.05) is 23.7 Å². The Bertz CT molecular complexity index is 540. The molecular formula is C14H16Cl2N2O. The normalized spacial score (nSPS) is 10.7. The number of aromatic nitrogens is 2. The summed E-state index contributed by atoms with van der Waals surface area (Å²) in [7, 11) is 0. The number of rotatable bonds is 6. The molecule has 0 fully saturated rings. The van der Waals surface area contributed by atoms with Crippen LogP contribution in [0, 0.1) is 6.92 Å². The highest BCUT2D eigenvalue weighted by Gasteiger charge is 2.05. The third-order valence-electron chi connectivity index (χ3n) is 2.92. The van der Waals surface area contributed by atoms with Crippen molar-refractivity contribution >= 4 is 23.2 Å². The third-order valence-corrected chi connectivity index (χ3v) is 3.48. The molecule has 0 amide bonds. The number of hydrogen-bond donors (Lipinski definition) is 0. The molecule has 0 bridgehead atoms. The Kier molecular flexibility index (Phi) is 5.11. The molecule has 3 nitrogen and oxygen atoms in total. The van der Waals surface area contributed by atoms with Gasteiger partial charge in [-0.15, -0.1) is 11.6 Å². The molecule has 5 heteroatoms. The number of imidazole rings is 1. The van der Waals surface area contributed by atoms with E-state index in [2.05, 4.69) is 9.55 Å². The van der Waals surface area contributed by atoms with Crippen molar-refractivity contribution in [1.82, 2.24) is 9.55 Å². The fraction of sp³-hybridized carbons (Fsp3) is 0.357. The van der Waals surface area contributed by atoms with Gasteiger partial charge < -0.3 is 9.30 Å². The standard InChI is InChI=1S/C14H16Cl2N2O/c1-11-13(9-15)18(10-17-11)7-4-8-19-14-6-3-2-5-12(14)16/h2-3,5-6,10H,4,7-9H2,1H3. The van der Waals surface area contributed by atoms with Crippen LogP contribution < -0.4 is 4.74 Å². The van der Waals surface area contributed by atoms with Crippen LogP contribution in [0.3, 0.4) is 0 Å². The second-order valence-corrected chi connectivity index (χ2v) is 4.91. The van der Waals surface area contributed by atoms with Crippen LogP contribution in [0.1, 0.15) is 17.8 Å². The van der Waals surface area contributed by atoms with Crippen molar-refractivity contribution < 1.29 is 4.74 Å². The maximum atomic E-state index is 6.01. The van der Waals surface area contributed by atoms with Crippen LogP contribution in [0.25, 0.3) is 0 Å². The van der Waals surface area contributed by atoms with Crippen LogP contribution in [0.5, 0.6) is 5.75 Å². The molecule has 1 heterocycles. The number of hydrogen-bond acceptors (Lipinski definition) is 2. The Morgan fingerprint density at radius 2 is 2.11 bits per heavy atom. The molecule has 2 aromatic rings. The van der Waals surface area contributed by atoms with Crippen LogP contribution in [0.2, 0.25) is 5.02 Å². The lowest BCUT2D eigenvalue weighted by molar-refractivity contribution is 0.301. The van der Waals surface area contributed by atoms with Crippen molar-refractivity contribution in [1.29, 1.82) is 0 Å². The second-order valence-electron chi connectivity index (χ2n) is 4.24. The molecule has 19 heavy (non-hydrogen) atoms. The summed E-state index contributed by atoms with van der Waals surface area (Å²) in [6, 6.07) is 7.48. The first kappa shape index (κ1) is 14.2. The molecule has 0 radical (unpaired) electrons. The Morgan fingerprint density at radius 3 is 2.84 bits per heavy atom. The minimum atomic E-state index is 0.483. The van der Waals surface area contributed by atoms with Gasteiger partial charge in [-0.05, 0) is 25.5 Å². The first-order valence-electron chi connectivity index (χ1n) is 6.16. The Labute approximate surface area is 123 Å². The average molecular weight is 299 g/mol. The van der Waals surface area contributed by atoms with E-state index in [0.717, 1.165) is 30.1 Å². The molecule has 2 rings (SSSR count). The highest BCUT2D eigenvalue weighted by Crippen LogP contribution is 2.23. The van der Waals surface area contributed by atoms with Crippen molar-refractivity contribution in [2.24, 2.45) is 0 Å². The van der Waals surface area contributed by atoms with Crippen molar-refractivity contribution in [2.75, 3.05) is 6.61 Å². The van der Waals surface area contributed by atoms with Crippen LogP contribution in [0.4, 0.5) is 0 Å². The zero-order chi connectivity index (χ0) is 13.7. The van der Waals surface area contributed by atoms with Gasteiger partial charge >= 0.3 is 0 Å². The molecule has 0 spiro atoms. The Hall–Kier alpha value is -1.19. The van der Waals surface area contributed by atoms with Crippen LogP contribution in [-0.2, 0) is 12.4 Å². The Balaban J connectivity index is 1.83. The predicted molar refractivity (Wildman–Crippen MR) is 78.1 cm³/mol. The van der Waals surface area contributed by atoms with E-state index in [-0.39, 0.29) is 0 Å². The lowest BCUT2D eigenvalue weighted by atomic mass is 10.3. The van der Waals surface area contributed by atoms with Gasteiger partial charge in [0.1, 0.15) is 5.75 Å². The zero-order valence-corrected chi connectivity index (χ0v) is 12.3. The number of ether oxygens (including phenoxy) is 1. The molecule has 0 N–H and O–H groups in total. The molecule has 0 atom stereocenters. The summed E-state index contributed by atoms with van der Waals surface area (Å²) < 4.78 is 7.71. The molecule has 0 aliphatic carbocycles. The number of benzene rings is 1. The predicted octanol–water partition coefficient (Wildman–Crippen LogP) is 4.05. The molecule has 0 unspecified atom stereocenters. The van der Waals surface area contributed by atoms with Crippen molar-refractivity contribution in [3.63, 3.8) is 0 Å². The fourth-order valence-electron chi connectivity index (χ4n) is 1.85. The molecule has 1 aromatic heterocycles. The minimum absolute atomic E-state index is 0.483. The van der Waals surface area contributed by atoms with E-state index >= 15 is 0 Å². The highest BCUT2D eigenvalue weighted by atomic mass is 35.5. The summed E-state index contributed by atoms with van der Waals surface area (Å²) in [5.74, 6) is 1.21. The molecule has 102 valence electrons. The molecule has 1 aromatic carbocycles. The van der Waals surface area contributed by atoms with Gasteiger partial charge in [-0.3, -0.25) is 0 Å². The van der Waals surface area contributed by atoms with E-state index in [9.17, 15) is 0 Å². The first-order chi connectivity index (χ1) is 9.22. The van der Waals surface area contributed by atoms with Crippen LogP contribution in [0.15, 0.2) is 30.6 Å². The molecule has 0 aliphatic rings.